The van der Waals surface area contributed by atoms with Gasteiger partial charge in [0.15, 0.2) is 18.6 Å². The maximum absolute atomic E-state index is 13.0. The molecular formula is C39H57N4O22-. The Morgan fingerprint density at radius 1 is 0.831 bits per heavy atom. The number of hydrogen-bond donors (Lipinski definition) is 12. The second-order valence-corrected chi connectivity index (χ2v) is 15.6. The van der Waals surface area contributed by atoms with Crippen molar-refractivity contribution in [2.24, 2.45) is 0 Å². The predicted octanol–water partition coefficient (Wildman–Crippen LogP) is -7.89. The van der Waals surface area contributed by atoms with Gasteiger partial charge >= 0.3 is 5.97 Å². The van der Waals surface area contributed by atoms with Crippen molar-refractivity contribution in [2.45, 2.75) is 144 Å². The fourth-order valence-corrected chi connectivity index (χ4v) is 7.56. The molecular weight excluding hydrogens is 876 g/mol. The van der Waals surface area contributed by atoms with E-state index in [0.717, 1.165) is 27.9 Å². The molecule has 3 saturated heterocycles. The van der Waals surface area contributed by atoms with Crippen LogP contribution in [0.1, 0.15) is 44.5 Å². The molecule has 0 radical (unpaired) electrons. The number of hydrogen-bond acceptors (Lipinski definition) is 22. The maximum Gasteiger partial charge on any atom is 0.331 e. The largest absolute Gasteiger partial charge is 0.544 e. The third kappa shape index (κ3) is 12.9. The zero-order valence-corrected chi connectivity index (χ0v) is 35.8. The average molecular weight is 934 g/mol. The maximum atomic E-state index is 13.0. The van der Waals surface area contributed by atoms with Gasteiger partial charge in [-0.2, -0.15) is 0 Å². The molecule has 1 aromatic rings. The number of rotatable bonds is 19. The Balaban J connectivity index is 1.66. The van der Waals surface area contributed by atoms with E-state index in [1.807, 2.05) is 0 Å². The summed E-state index contributed by atoms with van der Waals surface area (Å²) in [5, 5.41) is 111. The topological polar surface area (TPSA) is 400 Å². The van der Waals surface area contributed by atoms with Crippen LogP contribution >= 0.6 is 0 Å². The quantitative estimate of drug-likeness (QED) is 0.0573. The summed E-state index contributed by atoms with van der Waals surface area (Å²) < 4.78 is 39.4. The molecule has 3 aliphatic heterocycles. The van der Waals surface area contributed by atoms with E-state index in [0.29, 0.717) is 0 Å². The minimum absolute atomic E-state index is 0.177. The molecule has 4 amide bonds. The van der Waals surface area contributed by atoms with Crippen LogP contribution in [0.5, 0.6) is 0 Å². The second kappa shape index (κ2) is 23.3. The number of carboxylic acids is 1. The second-order valence-electron chi connectivity index (χ2n) is 15.6. The summed E-state index contributed by atoms with van der Waals surface area (Å²) in [5.41, 5.74) is 0.177. The van der Waals surface area contributed by atoms with Crippen LogP contribution in [0.3, 0.4) is 0 Å². The van der Waals surface area contributed by atoms with Gasteiger partial charge in [-0.25, -0.2) is 4.79 Å². The van der Waals surface area contributed by atoms with Gasteiger partial charge in [0, 0.05) is 39.3 Å². The number of ether oxygens (including phenoxy) is 7. The van der Waals surface area contributed by atoms with Gasteiger partial charge in [-0.05, 0) is 19.1 Å². The minimum atomic E-state index is -3.26. The van der Waals surface area contributed by atoms with Gasteiger partial charge in [0.2, 0.25) is 23.5 Å². The van der Waals surface area contributed by atoms with Crippen LogP contribution in [0.4, 0.5) is 0 Å². The third-order valence-corrected chi connectivity index (χ3v) is 10.8. The van der Waals surface area contributed by atoms with Crippen LogP contribution in [-0.4, -0.2) is 213 Å². The number of aliphatic hydroxyl groups is 8. The van der Waals surface area contributed by atoms with Gasteiger partial charge in [-0.1, -0.05) is 18.2 Å². The number of carbonyl (C=O) groups excluding carboxylic acids is 6. The number of nitrogens with one attached hydrogen (secondary N) is 4. The molecule has 3 fully saturated rings. The number of carbonyl (C=O) groups is 6. The van der Waals surface area contributed by atoms with Gasteiger partial charge in [-0.15, -0.1) is 0 Å². The lowest BCUT2D eigenvalue weighted by molar-refractivity contribution is -0.410. The Morgan fingerprint density at radius 3 is 1.94 bits per heavy atom. The molecule has 26 heteroatoms. The molecule has 65 heavy (non-hydrogen) atoms. The first-order chi connectivity index (χ1) is 30.6. The predicted molar refractivity (Wildman–Crippen MR) is 209 cm³/mol. The van der Waals surface area contributed by atoms with Crippen molar-refractivity contribution in [3.63, 3.8) is 0 Å². The molecule has 0 aromatic heterocycles. The van der Waals surface area contributed by atoms with Gasteiger partial charge < -0.3 is 105 Å². The standard InChI is InChI=1S/C39H58N4O22/c1-15(24(35(56)59-5)41-16(2)46)60-36-26(43-18(4)48)31(28(52)22(13-44)61-36)63-37-30(54)33(29(53)23(14-45)62-37)65-39(38(57)58)11-20(49)25(42-17(3)47)32(64-39)27(51)21(50)12-40-34(55)19-9-7-6-8-10-19/h6-10,15,20-33,36-37,44-45,49-54H,11-14H2,1-5H3,(H,40,55)(H,41,46)(H,42,47)(H,43,48)(H,57,58)/p-1/t15-,20+,21-,22-,23-,24+,25-,26-,27-,28+,29+,30-,31-,32-,33+,36+,37+,39+/m1/s1. The van der Waals surface area contributed by atoms with E-state index >= 15 is 0 Å². The fraction of sp³-hybridized carbons (Fsp3) is 0.692. The smallest absolute Gasteiger partial charge is 0.331 e. The van der Waals surface area contributed by atoms with E-state index in [9.17, 15) is 74.7 Å². The summed E-state index contributed by atoms with van der Waals surface area (Å²) in [7, 11) is 1.04. The molecule has 12 N–H and O–H groups in total. The summed E-state index contributed by atoms with van der Waals surface area (Å²) in [6.45, 7) is 1.80. The van der Waals surface area contributed by atoms with Crippen molar-refractivity contribution in [1.82, 2.24) is 21.3 Å². The normalized spacial score (nSPS) is 34.4. The lowest BCUT2D eigenvalue weighted by atomic mass is 9.88. The lowest BCUT2D eigenvalue weighted by Gasteiger charge is -2.52. The number of aliphatic hydroxyl groups excluding tert-OH is 8. The molecule has 3 aliphatic rings. The van der Waals surface area contributed by atoms with E-state index in [-0.39, 0.29) is 5.56 Å². The SMILES string of the molecule is COC(=O)[C@@H](NC(C)=O)[C@@H](C)O[C@H]1O[C@H](CO)[C@H](O)[C@H](O[C@@H]2O[C@H](CO)[C@H](O)[C@H](O[C@]3(C(=O)[O-])C[C@H](O)[C@@H](NC(C)=O)[C@H]([C@H](O)[C@H](O)CNC(=O)c4ccccc4)O3)[C@H]2O)[C@H]1NC(C)=O. The first-order valence-corrected chi connectivity index (χ1v) is 20.3. The van der Waals surface area contributed by atoms with E-state index < -0.39 is 171 Å². The van der Waals surface area contributed by atoms with Gasteiger partial charge in [-0.3, -0.25) is 19.2 Å². The molecule has 0 bridgehead atoms. The summed E-state index contributed by atoms with van der Waals surface area (Å²) in [6, 6.07) is 2.95. The van der Waals surface area contributed by atoms with Crippen molar-refractivity contribution >= 4 is 35.6 Å². The Bertz CT molecular complexity index is 1800. The first-order valence-electron chi connectivity index (χ1n) is 20.3. The summed E-state index contributed by atoms with van der Waals surface area (Å²) in [5.74, 6) is -9.44. The molecule has 0 saturated carbocycles. The van der Waals surface area contributed by atoms with Crippen LogP contribution in [0, 0.1) is 0 Å². The monoisotopic (exact) mass is 933 g/mol. The minimum Gasteiger partial charge on any atom is -0.544 e. The molecule has 4 rings (SSSR count). The molecule has 0 aliphatic carbocycles. The van der Waals surface area contributed by atoms with Crippen LogP contribution in [0.2, 0.25) is 0 Å². The number of amides is 4. The highest BCUT2D eigenvalue weighted by Gasteiger charge is 2.58. The lowest BCUT2D eigenvalue weighted by Crippen LogP contribution is -2.72. The van der Waals surface area contributed by atoms with E-state index in [1.165, 1.54) is 19.1 Å². The number of benzene rings is 1. The zero-order valence-electron chi connectivity index (χ0n) is 35.8. The number of methoxy groups -OCH3 is 1. The molecule has 1 aromatic carbocycles. The summed E-state index contributed by atoms with van der Waals surface area (Å²) >= 11 is 0. The first kappa shape index (κ1) is 53.1. The van der Waals surface area contributed by atoms with Gasteiger partial charge in [0.05, 0.1) is 44.7 Å². The summed E-state index contributed by atoms with van der Waals surface area (Å²) in [4.78, 5) is 74.9. The van der Waals surface area contributed by atoms with E-state index in [2.05, 4.69) is 21.3 Å². The highest BCUT2D eigenvalue weighted by atomic mass is 16.8. The molecule has 3 heterocycles. The molecule has 0 spiro atoms. The third-order valence-electron chi connectivity index (χ3n) is 10.8. The van der Waals surface area contributed by atoms with Crippen LogP contribution in [0.15, 0.2) is 30.3 Å². The van der Waals surface area contributed by atoms with E-state index in [4.69, 9.17) is 33.2 Å². The van der Waals surface area contributed by atoms with Gasteiger partial charge in [0.25, 0.3) is 5.91 Å². The highest BCUT2D eigenvalue weighted by molar-refractivity contribution is 5.94. The number of esters is 1. The molecule has 366 valence electrons. The van der Waals surface area contributed by atoms with Crippen molar-refractivity contribution in [2.75, 3.05) is 26.9 Å². The Kier molecular flexibility index (Phi) is 19.0. The van der Waals surface area contributed by atoms with Gasteiger partial charge in [0.1, 0.15) is 66.9 Å². The zero-order chi connectivity index (χ0) is 48.5. The Labute approximate surface area is 371 Å². The van der Waals surface area contributed by atoms with Crippen LogP contribution in [0.25, 0.3) is 0 Å². The van der Waals surface area contributed by atoms with Crippen molar-refractivity contribution in [3.8, 4) is 0 Å². The molecule has 18 atom stereocenters. The van der Waals surface area contributed by atoms with Crippen molar-refractivity contribution in [1.29, 1.82) is 0 Å². The number of carboxylic acid groups (broad SMARTS) is 1. The molecule has 26 nitrogen and oxygen atoms in total. The highest BCUT2D eigenvalue weighted by Crippen LogP contribution is 2.38. The van der Waals surface area contributed by atoms with Crippen LogP contribution in [-0.2, 0) is 57.1 Å². The molecule has 0 unspecified atom stereocenters. The average Bonchev–Trinajstić information content (AvgIpc) is 3.26. The van der Waals surface area contributed by atoms with E-state index in [1.54, 1.807) is 18.2 Å². The Morgan fingerprint density at radius 2 is 1.40 bits per heavy atom. The summed E-state index contributed by atoms with van der Waals surface area (Å²) in [6.07, 6.45) is -28.6. The van der Waals surface area contributed by atoms with Crippen molar-refractivity contribution in [3.05, 3.63) is 35.9 Å². The number of aliphatic carboxylic acids is 1. The fourth-order valence-electron chi connectivity index (χ4n) is 7.56. The van der Waals surface area contributed by atoms with Crippen LogP contribution < -0.4 is 26.4 Å². The Hall–Kier alpha value is -4.52. The van der Waals surface area contributed by atoms with Crippen molar-refractivity contribution < 1.29 is 108 Å².